The van der Waals surface area contributed by atoms with Crippen molar-refractivity contribution in [3.05, 3.63) is 76.4 Å². The van der Waals surface area contributed by atoms with Crippen LogP contribution in [-0.4, -0.2) is 57.5 Å². The van der Waals surface area contributed by atoms with Crippen LogP contribution < -0.4 is 4.90 Å². The van der Waals surface area contributed by atoms with Crippen LogP contribution in [0.25, 0.3) is 0 Å². The van der Waals surface area contributed by atoms with Crippen LogP contribution in [0.5, 0.6) is 0 Å². The van der Waals surface area contributed by atoms with Crippen molar-refractivity contribution in [2.75, 3.05) is 31.2 Å². The molecule has 4 heterocycles. The van der Waals surface area contributed by atoms with Crippen LogP contribution in [0, 0.1) is 0 Å². The van der Waals surface area contributed by atoms with Crippen molar-refractivity contribution in [3.63, 3.8) is 0 Å². The smallest absolute Gasteiger partial charge is 0.379 e. The van der Waals surface area contributed by atoms with Crippen molar-refractivity contribution in [2.24, 2.45) is 7.05 Å². The minimum absolute atomic E-state index is 0.0143. The number of nitrogens with zero attached hydrogens (tertiary/aromatic N) is 5. The van der Waals surface area contributed by atoms with E-state index in [0.717, 1.165) is 11.4 Å². The van der Waals surface area contributed by atoms with Gasteiger partial charge < -0.3 is 14.2 Å². The number of benzene rings is 2. The number of alkyl halides is 4. The number of amides is 1. The second-order valence-corrected chi connectivity index (χ2v) is 12.0. The molecule has 2 aromatic carbocycles. The molecule has 41 heavy (non-hydrogen) atoms. The summed E-state index contributed by atoms with van der Waals surface area (Å²) in [5.74, 6) is 0.337. The van der Waals surface area contributed by atoms with Crippen LogP contribution in [0.2, 0.25) is 0 Å². The number of hydrogen-bond donors (Lipinski definition) is 0. The number of rotatable bonds is 6. The molecule has 1 amide bonds. The van der Waals surface area contributed by atoms with E-state index in [-0.39, 0.29) is 29.1 Å². The van der Waals surface area contributed by atoms with Crippen molar-refractivity contribution in [3.8, 4) is 0 Å². The normalized spacial score (nSPS) is 21.0. The Labute approximate surface area is 236 Å². The average molecular weight is 572 g/mol. The van der Waals surface area contributed by atoms with Crippen LogP contribution >= 0.6 is 0 Å². The molecule has 3 aromatic rings. The summed E-state index contributed by atoms with van der Waals surface area (Å²) in [6, 6.07) is 9.79. The van der Waals surface area contributed by atoms with E-state index in [2.05, 4.69) is 10.2 Å². The van der Waals surface area contributed by atoms with Gasteiger partial charge in [-0.2, -0.15) is 13.2 Å². The van der Waals surface area contributed by atoms with Crippen molar-refractivity contribution in [1.29, 1.82) is 0 Å². The lowest BCUT2D eigenvalue weighted by molar-refractivity contribution is -0.138. The minimum atomic E-state index is -4.62. The number of halogens is 4. The Morgan fingerprint density at radius 2 is 1.85 bits per heavy atom. The quantitative estimate of drug-likeness (QED) is 0.372. The maximum absolute atomic E-state index is 14.4. The lowest BCUT2D eigenvalue weighted by Crippen LogP contribution is -2.49. The highest BCUT2D eigenvalue weighted by Crippen LogP contribution is 2.43. The Balaban J connectivity index is 1.31. The summed E-state index contributed by atoms with van der Waals surface area (Å²) in [6.07, 6.45) is -1.77. The third-order valence-electron chi connectivity index (χ3n) is 9.07. The van der Waals surface area contributed by atoms with E-state index in [1.54, 1.807) is 25.4 Å². The number of carbonyl (C=O) groups excluding carboxylic acids is 1. The summed E-state index contributed by atoms with van der Waals surface area (Å²) < 4.78 is 64.9. The second-order valence-electron chi connectivity index (χ2n) is 12.0. The molecule has 0 aliphatic carbocycles. The summed E-state index contributed by atoms with van der Waals surface area (Å²) in [4.78, 5) is 17.1. The van der Waals surface area contributed by atoms with Crippen molar-refractivity contribution in [2.45, 2.75) is 63.0 Å². The molecule has 6 rings (SSSR count). The first-order valence-corrected chi connectivity index (χ1v) is 13.9. The molecule has 1 atom stereocenters. The van der Waals surface area contributed by atoms with Crippen molar-refractivity contribution < 1.29 is 27.1 Å². The second kappa shape index (κ2) is 9.90. The summed E-state index contributed by atoms with van der Waals surface area (Å²) in [7, 11) is 1.87. The summed E-state index contributed by atoms with van der Waals surface area (Å²) in [5, 5.41) is 8.17. The number of aryl methyl sites for hydroxylation is 1. The summed E-state index contributed by atoms with van der Waals surface area (Å²) in [6.45, 7) is 5.03. The first-order chi connectivity index (χ1) is 19.4. The van der Waals surface area contributed by atoms with E-state index in [1.807, 2.05) is 41.6 Å². The number of ether oxygens (including phenoxy) is 1. The Hall–Kier alpha value is -3.31. The zero-order valence-electron chi connectivity index (χ0n) is 23.3. The molecule has 0 radical (unpaired) electrons. The van der Waals surface area contributed by atoms with Crippen LogP contribution in [0.4, 0.5) is 23.2 Å². The molecule has 2 fully saturated rings. The van der Waals surface area contributed by atoms with E-state index in [4.69, 9.17) is 4.74 Å². The Morgan fingerprint density at radius 1 is 1.12 bits per heavy atom. The van der Waals surface area contributed by atoms with Gasteiger partial charge >= 0.3 is 6.18 Å². The number of anilines is 1. The molecule has 3 aliphatic heterocycles. The van der Waals surface area contributed by atoms with Crippen molar-refractivity contribution >= 4 is 11.6 Å². The predicted octanol–water partition coefficient (Wildman–Crippen LogP) is 5.39. The van der Waals surface area contributed by atoms with Crippen LogP contribution in [0.3, 0.4) is 0 Å². The highest BCUT2D eigenvalue weighted by molar-refractivity contribution is 6.10. The molecule has 0 spiro atoms. The van der Waals surface area contributed by atoms with Gasteiger partial charge in [0, 0.05) is 49.3 Å². The third kappa shape index (κ3) is 5.03. The zero-order valence-corrected chi connectivity index (χ0v) is 23.3. The molecule has 7 nitrogen and oxygen atoms in total. The lowest BCUT2D eigenvalue weighted by Gasteiger charge is -2.42. The molecule has 1 unspecified atom stereocenters. The van der Waals surface area contributed by atoms with Gasteiger partial charge in [0.05, 0.1) is 25.3 Å². The number of aromatic nitrogens is 3. The molecule has 0 bridgehead atoms. The number of likely N-dealkylation sites (tertiary alicyclic amines) is 1. The fraction of sp³-hybridized carbons (Fsp3) is 0.500. The molecule has 2 saturated heterocycles. The van der Waals surface area contributed by atoms with E-state index >= 15 is 0 Å². The largest absolute Gasteiger partial charge is 0.416 e. The topological polar surface area (TPSA) is 63.5 Å². The van der Waals surface area contributed by atoms with Gasteiger partial charge in [0.15, 0.2) is 0 Å². The van der Waals surface area contributed by atoms with Gasteiger partial charge in [-0.25, -0.2) is 4.39 Å². The predicted molar refractivity (Wildman–Crippen MR) is 144 cm³/mol. The monoisotopic (exact) mass is 571 g/mol. The van der Waals surface area contributed by atoms with Gasteiger partial charge in [0.25, 0.3) is 5.91 Å². The number of fused-ring (bicyclic) bond motifs is 1. The van der Waals surface area contributed by atoms with Crippen LogP contribution in [-0.2, 0) is 36.3 Å². The SMILES string of the molecule is CC(c1cc2c(c(C(F)(F)F)c1)CN(c1cccc(C3(Cc4nncn4C)COC3)c1)C2=O)N1CCC(C)(F)CC1. The van der Waals surface area contributed by atoms with E-state index in [9.17, 15) is 22.4 Å². The molecule has 218 valence electrons. The van der Waals surface area contributed by atoms with Gasteiger partial charge in [-0.3, -0.25) is 9.69 Å². The van der Waals surface area contributed by atoms with Gasteiger partial charge in [-0.05, 0) is 67.6 Å². The van der Waals surface area contributed by atoms with Crippen molar-refractivity contribution in [1.82, 2.24) is 19.7 Å². The fourth-order valence-corrected chi connectivity index (χ4v) is 6.21. The number of hydrogen-bond acceptors (Lipinski definition) is 5. The molecule has 11 heteroatoms. The third-order valence-corrected chi connectivity index (χ3v) is 9.07. The highest BCUT2D eigenvalue weighted by atomic mass is 19.4. The number of carbonyl (C=O) groups is 1. The van der Waals surface area contributed by atoms with Crippen LogP contribution in [0.15, 0.2) is 42.7 Å². The maximum Gasteiger partial charge on any atom is 0.416 e. The molecule has 0 N–H and O–H groups in total. The minimum Gasteiger partial charge on any atom is -0.379 e. The number of piperidine rings is 1. The first-order valence-electron chi connectivity index (χ1n) is 13.9. The zero-order chi connectivity index (χ0) is 29.2. The van der Waals surface area contributed by atoms with Gasteiger partial charge in [-0.15, -0.1) is 10.2 Å². The van der Waals surface area contributed by atoms with Gasteiger partial charge in [-0.1, -0.05) is 12.1 Å². The molecular formula is C30H33F4N5O2. The summed E-state index contributed by atoms with van der Waals surface area (Å²) in [5.41, 5.74) is -0.485. The van der Waals surface area contributed by atoms with E-state index in [0.29, 0.717) is 56.8 Å². The standard InChI is InChI=1S/C30H33F4N5O2/c1-19(38-9-7-28(2,31)8-10-38)20-11-23-24(25(12-20)30(32,33)34)15-39(27(23)40)22-6-4-5-21(13-22)29(16-41-17-29)14-26-36-35-18-37(26)3/h4-6,11-13,18-19H,7-10,14-17H2,1-3H3. The first kappa shape index (κ1) is 27.8. The Kier molecular flexibility index (Phi) is 6.73. The highest BCUT2D eigenvalue weighted by Gasteiger charge is 2.44. The van der Waals surface area contributed by atoms with Crippen LogP contribution in [0.1, 0.15) is 71.2 Å². The molecule has 3 aliphatic rings. The maximum atomic E-state index is 14.4. The van der Waals surface area contributed by atoms with Gasteiger partial charge in [0.2, 0.25) is 0 Å². The molecular weight excluding hydrogens is 538 g/mol. The summed E-state index contributed by atoms with van der Waals surface area (Å²) >= 11 is 0. The van der Waals surface area contributed by atoms with E-state index in [1.165, 1.54) is 11.0 Å². The molecule has 0 saturated carbocycles. The lowest BCUT2D eigenvalue weighted by atomic mass is 9.75. The van der Waals surface area contributed by atoms with E-state index < -0.39 is 23.3 Å². The Bertz CT molecular complexity index is 1470. The average Bonchev–Trinajstić information content (AvgIpc) is 3.46. The fourth-order valence-electron chi connectivity index (χ4n) is 6.21. The molecule has 1 aromatic heterocycles. The van der Waals surface area contributed by atoms with Gasteiger partial charge in [0.1, 0.15) is 17.8 Å². The Morgan fingerprint density at radius 3 is 2.46 bits per heavy atom.